The van der Waals surface area contributed by atoms with E-state index in [1.54, 1.807) is 24.7 Å². The lowest BCUT2D eigenvalue weighted by Gasteiger charge is -2.18. The summed E-state index contributed by atoms with van der Waals surface area (Å²) in [5.41, 5.74) is 1.93. The largest absolute Gasteiger partial charge is 0.308 e. The highest BCUT2D eigenvalue weighted by Gasteiger charge is 2.15. The van der Waals surface area contributed by atoms with Crippen LogP contribution in [0.25, 0.3) is 0 Å². The first-order valence-electron chi connectivity index (χ1n) is 6.64. The average Bonchev–Trinajstić information content (AvgIpc) is 2.48. The molecule has 2 aromatic rings. The van der Waals surface area contributed by atoms with Crippen molar-refractivity contribution in [2.24, 2.45) is 0 Å². The molecule has 0 bridgehead atoms. The summed E-state index contributed by atoms with van der Waals surface area (Å²) >= 11 is 12.3. The van der Waals surface area contributed by atoms with Crippen LogP contribution >= 0.6 is 23.2 Å². The zero-order valence-electron chi connectivity index (χ0n) is 11.3. The van der Waals surface area contributed by atoms with Crippen LogP contribution in [0, 0.1) is 0 Å². The Morgan fingerprint density at radius 3 is 2.80 bits per heavy atom. The van der Waals surface area contributed by atoms with E-state index in [2.05, 4.69) is 22.2 Å². The van der Waals surface area contributed by atoms with Crippen LogP contribution in [0.5, 0.6) is 0 Å². The third kappa shape index (κ3) is 3.92. The van der Waals surface area contributed by atoms with E-state index in [0.717, 1.165) is 30.6 Å². The van der Waals surface area contributed by atoms with Crippen molar-refractivity contribution in [3.63, 3.8) is 0 Å². The molecule has 0 aliphatic carbocycles. The maximum absolute atomic E-state index is 6.26. The lowest BCUT2D eigenvalue weighted by Crippen LogP contribution is -2.25. The summed E-state index contributed by atoms with van der Waals surface area (Å²) in [6.07, 6.45) is 6.95. The molecule has 3 nitrogen and oxygen atoms in total. The number of nitrogens with one attached hydrogen (secondary N) is 1. The number of nitrogens with zero attached hydrogens (tertiary/aromatic N) is 2. The van der Waals surface area contributed by atoms with Gasteiger partial charge in [0.1, 0.15) is 0 Å². The Balaban J connectivity index is 2.21. The normalized spacial score (nSPS) is 12.3. The van der Waals surface area contributed by atoms with Crippen molar-refractivity contribution in [3.8, 4) is 0 Å². The van der Waals surface area contributed by atoms with Gasteiger partial charge in [-0.3, -0.25) is 9.97 Å². The van der Waals surface area contributed by atoms with Crippen LogP contribution in [-0.4, -0.2) is 16.5 Å². The van der Waals surface area contributed by atoms with Crippen molar-refractivity contribution in [1.29, 1.82) is 0 Å². The SMILES string of the molecule is CCCNC(Cc1cccc(Cl)c1Cl)c1cnccn1. The number of rotatable bonds is 6. The van der Waals surface area contributed by atoms with Gasteiger partial charge < -0.3 is 5.32 Å². The van der Waals surface area contributed by atoms with E-state index in [1.165, 1.54) is 0 Å². The lowest BCUT2D eigenvalue weighted by atomic mass is 10.0. The molecule has 1 heterocycles. The highest BCUT2D eigenvalue weighted by molar-refractivity contribution is 6.42. The maximum atomic E-state index is 6.26. The predicted octanol–water partition coefficient (Wildman–Crippen LogP) is 4.07. The third-order valence-electron chi connectivity index (χ3n) is 3.04. The van der Waals surface area contributed by atoms with Crippen LogP contribution in [0.15, 0.2) is 36.8 Å². The summed E-state index contributed by atoms with van der Waals surface area (Å²) in [6, 6.07) is 5.78. The van der Waals surface area contributed by atoms with E-state index in [9.17, 15) is 0 Å². The molecule has 1 aromatic carbocycles. The van der Waals surface area contributed by atoms with E-state index in [0.29, 0.717) is 10.0 Å². The minimum absolute atomic E-state index is 0.0830. The highest BCUT2D eigenvalue weighted by Crippen LogP contribution is 2.28. The first-order chi connectivity index (χ1) is 9.72. The Kier molecular flexibility index (Phi) is 5.77. The molecule has 5 heteroatoms. The molecular formula is C15H17Cl2N3. The van der Waals surface area contributed by atoms with Gasteiger partial charge in [0.15, 0.2) is 0 Å². The molecule has 0 saturated heterocycles. The summed E-state index contributed by atoms with van der Waals surface area (Å²) < 4.78 is 0. The molecule has 0 aliphatic heterocycles. The molecule has 1 N–H and O–H groups in total. The van der Waals surface area contributed by atoms with Crippen LogP contribution in [0.2, 0.25) is 10.0 Å². The zero-order valence-corrected chi connectivity index (χ0v) is 12.8. The van der Waals surface area contributed by atoms with Gasteiger partial charge in [0.05, 0.1) is 21.8 Å². The minimum Gasteiger partial charge on any atom is -0.308 e. The predicted molar refractivity (Wildman–Crippen MR) is 83.2 cm³/mol. The molecule has 2 rings (SSSR count). The highest BCUT2D eigenvalue weighted by atomic mass is 35.5. The summed E-state index contributed by atoms with van der Waals surface area (Å²) in [5, 5.41) is 4.67. The van der Waals surface area contributed by atoms with Crippen LogP contribution in [0.3, 0.4) is 0 Å². The van der Waals surface area contributed by atoms with Gasteiger partial charge in [0.2, 0.25) is 0 Å². The molecule has 0 spiro atoms. The number of benzene rings is 1. The van der Waals surface area contributed by atoms with Crippen molar-refractivity contribution >= 4 is 23.2 Å². The summed E-state index contributed by atoms with van der Waals surface area (Å²) in [4.78, 5) is 8.51. The maximum Gasteiger partial charge on any atom is 0.0759 e. The van der Waals surface area contributed by atoms with Crippen molar-refractivity contribution in [2.75, 3.05) is 6.54 Å². The smallest absolute Gasteiger partial charge is 0.0759 e. The fourth-order valence-electron chi connectivity index (χ4n) is 2.02. The lowest BCUT2D eigenvalue weighted by molar-refractivity contribution is 0.516. The van der Waals surface area contributed by atoms with Crippen molar-refractivity contribution < 1.29 is 0 Å². The number of halogens is 2. The number of hydrogen-bond acceptors (Lipinski definition) is 3. The molecular weight excluding hydrogens is 293 g/mol. The van der Waals surface area contributed by atoms with Gasteiger partial charge in [-0.15, -0.1) is 0 Å². The Morgan fingerprint density at radius 2 is 2.10 bits per heavy atom. The topological polar surface area (TPSA) is 37.8 Å². The van der Waals surface area contributed by atoms with Crippen molar-refractivity contribution in [2.45, 2.75) is 25.8 Å². The summed E-state index contributed by atoms with van der Waals surface area (Å²) in [7, 11) is 0. The number of aromatic nitrogens is 2. The Bertz CT molecular complexity index is 546. The fraction of sp³-hybridized carbons (Fsp3) is 0.333. The molecule has 1 aromatic heterocycles. The van der Waals surface area contributed by atoms with E-state index in [1.807, 2.05) is 12.1 Å². The minimum atomic E-state index is 0.0830. The van der Waals surface area contributed by atoms with Gasteiger partial charge in [0, 0.05) is 18.6 Å². The van der Waals surface area contributed by atoms with Crippen LogP contribution in [-0.2, 0) is 6.42 Å². The molecule has 0 aliphatic rings. The zero-order chi connectivity index (χ0) is 14.4. The van der Waals surface area contributed by atoms with Gasteiger partial charge in [-0.05, 0) is 31.0 Å². The van der Waals surface area contributed by atoms with Gasteiger partial charge in [-0.1, -0.05) is 42.3 Å². The molecule has 0 radical (unpaired) electrons. The van der Waals surface area contributed by atoms with Gasteiger partial charge >= 0.3 is 0 Å². The quantitative estimate of drug-likeness (QED) is 0.874. The Labute approximate surface area is 129 Å². The monoisotopic (exact) mass is 309 g/mol. The Hall–Kier alpha value is -1.16. The second-order valence-corrected chi connectivity index (χ2v) is 5.34. The molecule has 0 amide bonds. The van der Waals surface area contributed by atoms with E-state index >= 15 is 0 Å². The van der Waals surface area contributed by atoms with E-state index in [-0.39, 0.29) is 6.04 Å². The molecule has 1 unspecified atom stereocenters. The van der Waals surface area contributed by atoms with Gasteiger partial charge in [-0.25, -0.2) is 0 Å². The van der Waals surface area contributed by atoms with Gasteiger partial charge in [-0.2, -0.15) is 0 Å². The third-order valence-corrected chi connectivity index (χ3v) is 3.89. The van der Waals surface area contributed by atoms with E-state index in [4.69, 9.17) is 23.2 Å². The van der Waals surface area contributed by atoms with Crippen molar-refractivity contribution in [3.05, 3.63) is 58.1 Å². The summed E-state index contributed by atoms with van der Waals surface area (Å²) in [6.45, 7) is 3.05. The number of hydrogen-bond donors (Lipinski definition) is 1. The summed E-state index contributed by atoms with van der Waals surface area (Å²) in [5.74, 6) is 0. The molecule has 1 atom stereocenters. The molecule has 0 saturated carbocycles. The first-order valence-corrected chi connectivity index (χ1v) is 7.40. The average molecular weight is 310 g/mol. The molecule has 20 heavy (non-hydrogen) atoms. The van der Waals surface area contributed by atoms with Crippen LogP contribution in [0.4, 0.5) is 0 Å². The fourth-order valence-corrected chi connectivity index (χ4v) is 2.41. The van der Waals surface area contributed by atoms with Crippen LogP contribution < -0.4 is 5.32 Å². The first kappa shape index (κ1) is 15.2. The van der Waals surface area contributed by atoms with Crippen LogP contribution in [0.1, 0.15) is 30.6 Å². The standard InChI is InChI=1S/C15H17Cl2N3/c1-2-6-19-13(14-10-18-7-8-20-14)9-11-4-3-5-12(16)15(11)17/h3-5,7-8,10,13,19H,2,6,9H2,1H3. The van der Waals surface area contributed by atoms with Crippen molar-refractivity contribution in [1.82, 2.24) is 15.3 Å². The molecule has 106 valence electrons. The second-order valence-electron chi connectivity index (χ2n) is 4.55. The molecule has 0 fully saturated rings. The second kappa shape index (κ2) is 7.58. The Morgan fingerprint density at radius 1 is 1.25 bits per heavy atom. The van der Waals surface area contributed by atoms with E-state index < -0.39 is 0 Å². The van der Waals surface area contributed by atoms with Gasteiger partial charge in [0.25, 0.3) is 0 Å².